The van der Waals surface area contributed by atoms with E-state index < -0.39 is 0 Å². The van der Waals surface area contributed by atoms with Crippen molar-refractivity contribution in [2.45, 2.75) is 20.3 Å². The molecule has 5 heteroatoms. The summed E-state index contributed by atoms with van der Waals surface area (Å²) in [5.74, 6) is 0.739. The summed E-state index contributed by atoms with van der Waals surface area (Å²) < 4.78 is 0. The number of anilines is 1. The Labute approximate surface area is 126 Å². The lowest BCUT2D eigenvalue weighted by molar-refractivity contribution is -0.114. The number of nitrogens with zero attached hydrogens (tertiary/aromatic N) is 1. The fourth-order valence-corrected chi connectivity index (χ4v) is 1.77. The maximum absolute atomic E-state index is 10.9. The summed E-state index contributed by atoms with van der Waals surface area (Å²) in [5, 5.41) is 9.09. The lowest BCUT2D eigenvalue weighted by atomic mass is 10.1. The van der Waals surface area contributed by atoms with Gasteiger partial charge in [-0.25, -0.2) is 0 Å². The minimum atomic E-state index is -0.0593. The Hall–Kier alpha value is -2.30. The van der Waals surface area contributed by atoms with Crippen molar-refractivity contribution < 1.29 is 4.79 Å². The summed E-state index contributed by atoms with van der Waals surface area (Å²) >= 11 is 0. The van der Waals surface area contributed by atoms with Gasteiger partial charge in [0, 0.05) is 32.2 Å². The molecule has 0 aromatic heterocycles. The van der Waals surface area contributed by atoms with E-state index in [1.54, 1.807) is 6.08 Å². The molecule has 0 unspecified atom stereocenters. The highest BCUT2D eigenvalue weighted by molar-refractivity contribution is 5.88. The van der Waals surface area contributed by atoms with Crippen molar-refractivity contribution in [1.82, 2.24) is 10.6 Å². The monoisotopic (exact) mass is 288 g/mol. The molecule has 1 aromatic carbocycles. The van der Waals surface area contributed by atoms with Gasteiger partial charge in [0.15, 0.2) is 5.96 Å². The van der Waals surface area contributed by atoms with Crippen LogP contribution in [0.25, 0.3) is 0 Å². The summed E-state index contributed by atoms with van der Waals surface area (Å²) in [6.45, 7) is 9.43. The molecule has 0 aliphatic rings. The molecule has 0 aliphatic carbocycles. The van der Waals surface area contributed by atoms with Crippen LogP contribution < -0.4 is 16.0 Å². The summed E-state index contributed by atoms with van der Waals surface area (Å²) in [6.07, 6.45) is 2.65. The van der Waals surface area contributed by atoms with Crippen LogP contribution in [0.2, 0.25) is 0 Å². The van der Waals surface area contributed by atoms with Crippen molar-refractivity contribution in [2.24, 2.45) is 4.99 Å². The van der Waals surface area contributed by atoms with E-state index in [9.17, 15) is 4.79 Å². The first-order valence-electron chi connectivity index (χ1n) is 7.15. The Bertz CT molecular complexity index is 480. The molecule has 114 valence electrons. The van der Waals surface area contributed by atoms with Crippen LogP contribution >= 0.6 is 0 Å². The maximum atomic E-state index is 10.9. The number of amides is 1. The molecule has 3 N–H and O–H groups in total. The lowest BCUT2D eigenvalue weighted by Gasteiger charge is -2.09. The Morgan fingerprint density at radius 2 is 2.00 bits per heavy atom. The molecule has 1 amide bonds. The molecule has 0 radical (unpaired) electrons. The largest absolute Gasteiger partial charge is 0.357 e. The highest BCUT2D eigenvalue weighted by Crippen LogP contribution is 2.09. The molecular weight excluding hydrogens is 264 g/mol. The van der Waals surface area contributed by atoms with Crippen LogP contribution in [0.5, 0.6) is 0 Å². The van der Waals surface area contributed by atoms with Crippen molar-refractivity contribution in [3.8, 4) is 0 Å². The molecular formula is C16H24N4O. The minimum absolute atomic E-state index is 0.0593. The number of guanidine groups is 1. The van der Waals surface area contributed by atoms with Gasteiger partial charge in [0.25, 0.3) is 0 Å². The van der Waals surface area contributed by atoms with Crippen LogP contribution in [-0.2, 0) is 11.2 Å². The first-order chi connectivity index (χ1) is 10.2. The number of carbonyl (C=O) groups excluding carboxylic acids is 1. The Balaban J connectivity index is 2.49. The van der Waals surface area contributed by atoms with Gasteiger partial charge in [-0.2, -0.15) is 0 Å². The van der Waals surface area contributed by atoms with Crippen LogP contribution in [0.3, 0.4) is 0 Å². The molecule has 0 saturated carbocycles. The first kappa shape index (κ1) is 16.8. The third-order valence-corrected chi connectivity index (χ3v) is 2.70. The molecule has 1 rings (SSSR count). The van der Waals surface area contributed by atoms with Gasteiger partial charge in [-0.05, 0) is 31.0 Å². The van der Waals surface area contributed by atoms with Gasteiger partial charge in [-0.3, -0.25) is 9.79 Å². The van der Waals surface area contributed by atoms with Gasteiger partial charge in [0.2, 0.25) is 5.91 Å². The van der Waals surface area contributed by atoms with Gasteiger partial charge in [0.1, 0.15) is 0 Å². The maximum Gasteiger partial charge on any atom is 0.221 e. The molecule has 21 heavy (non-hydrogen) atoms. The van der Waals surface area contributed by atoms with Gasteiger partial charge in [-0.1, -0.05) is 18.2 Å². The molecule has 0 fully saturated rings. The minimum Gasteiger partial charge on any atom is -0.357 e. The number of rotatable bonds is 7. The van der Waals surface area contributed by atoms with Crippen molar-refractivity contribution in [3.63, 3.8) is 0 Å². The summed E-state index contributed by atoms with van der Waals surface area (Å²) in [6, 6.07) is 7.82. The highest BCUT2D eigenvalue weighted by atomic mass is 16.1. The van der Waals surface area contributed by atoms with E-state index in [4.69, 9.17) is 0 Å². The number of hydrogen-bond donors (Lipinski definition) is 3. The van der Waals surface area contributed by atoms with E-state index in [-0.39, 0.29) is 5.91 Å². The molecule has 0 saturated heterocycles. The van der Waals surface area contributed by atoms with Gasteiger partial charge >= 0.3 is 0 Å². The molecule has 0 atom stereocenters. The average Bonchev–Trinajstić information content (AvgIpc) is 2.46. The van der Waals surface area contributed by atoms with Gasteiger partial charge < -0.3 is 16.0 Å². The quantitative estimate of drug-likeness (QED) is 0.408. The summed E-state index contributed by atoms with van der Waals surface area (Å²) in [4.78, 5) is 15.4. The second-order valence-electron chi connectivity index (χ2n) is 4.56. The first-order valence-corrected chi connectivity index (χ1v) is 7.15. The van der Waals surface area contributed by atoms with Crippen molar-refractivity contribution in [3.05, 3.63) is 42.5 Å². The smallest absolute Gasteiger partial charge is 0.221 e. The fourth-order valence-electron chi connectivity index (χ4n) is 1.77. The topological polar surface area (TPSA) is 65.5 Å². The second-order valence-corrected chi connectivity index (χ2v) is 4.56. The van der Waals surface area contributed by atoms with Crippen molar-refractivity contribution in [1.29, 1.82) is 0 Å². The molecule has 0 bridgehead atoms. The number of benzene rings is 1. The zero-order valence-corrected chi connectivity index (χ0v) is 12.8. The highest BCUT2D eigenvalue weighted by Gasteiger charge is 1.98. The van der Waals surface area contributed by atoms with Crippen LogP contribution in [0, 0.1) is 0 Å². The molecule has 1 aromatic rings. The number of aliphatic imine (C=N–C) groups is 1. The molecule has 0 heterocycles. The second kappa shape index (κ2) is 9.58. The molecule has 0 aliphatic heterocycles. The third kappa shape index (κ3) is 7.15. The Kier molecular flexibility index (Phi) is 7.64. The zero-order chi connectivity index (χ0) is 15.5. The number of carbonyl (C=O) groups is 1. The standard InChI is InChI=1S/C16H24N4O/c1-4-11-18-16(17-5-2)19-12-10-14-6-8-15(9-7-14)20-13(3)21/h4,6-9H,1,5,10-12H2,2-3H3,(H,20,21)(H2,17,18,19). The Morgan fingerprint density at radius 1 is 1.29 bits per heavy atom. The number of nitrogens with one attached hydrogen (secondary N) is 3. The average molecular weight is 288 g/mol. The zero-order valence-electron chi connectivity index (χ0n) is 12.8. The third-order valence-electron chi connectivity index (χ3n) is 2.70. The van der Waals surface area contributed by atoms with E-state index in [2.05, 4.69) is 27.5 Å². The molecule has 0 spiro atoms. The predicted molar refractivity (Wildman–Crippen MR) is 88.6 cm³/mol. The van der Waals surface area contributed by atoms with Crippen molar-refractivity contribution in [2.75, 3.05) is 25.0 Å². The lowest BCUT2D eigenvalue weighted by Crippen LogP contribution is -2.37. The van der Waals surface area contributed by atoms with E-state index >= 15 is 0 Å². The number of hydrogen-bond acceptors (Lipinski definition) is 2. The van der Waals surface area contributed by atoms with Crippen LogP contribution in [0.15, 0.2) is 41.9 Å². The fraction of sp³-hybridized carbons (Fsp3) is 0.375. The predicted octanol–water partition coefficient (Wildman–Crippen LogP) is 1.93. The van der Waals surface area contributed by atoms with Gasteiger partial charge in [-0.15, -0.1) is 6.58 Å². The summed E-state index contributed by atoms with van der Waals surface area (Å²) in [7, 11) is 0. The molecule has 5 nitrogen and oxygen atoms in total. The normalized spacial score (nSPS) is 10.9. The van der Waals surface area contributed by atoms with Gasteiger partial charge in [0.05, 0.1) is 0 Å². The summed E-state index contributed by atoms with van der Waals surface area (Å²) in [5.41, 5.74) is 2.00. The van der Waals surface area contributed by atoms with E-state index in [0.29, 0.717) is 13.1 Å². The van der Waals surface area contributed by atoms with Crippen LogP contribution in [0.1, 0.15) is 19.4 Å². The van der Waals surface area contributed by atoms with E-state index in [1.807, 2.05) is 31.2 Å². The van der Waals surface area contributed by atoms with Crippen molar-refractivity contribution >= 4 is 17.6 Å². The van der Waals surface area contributed by atoms with E-state index in [1.165, 1.54) is 12.5 Å². The van der Waals surface area contributed by atoms with Crippen LogP contribution in [-0.4, -0.2) is 31.5 Å². The SMILES string of the molecule is C=CCNC(=NCCc1ccc(NC(C)=O)cc1)NCC. The van der Waals surface area contributed by atoms with E-state index in [0.717, 1.165) is 24.6 Å². The Morgan fingerprint density at radius 3 is 2.57 bits per heavy atom. The van der Waals surface area contributed by atoms with Crippen LogP contribution in [0.4, 0.5) is 5.69 Å².